The van der Waals surface area contributed by atoms with Crippen LogP contribution in [0.25, 0.3) is 0 Å². The fourth-order valence-electron chi connectivity index (χ4n) is 2.08. The predicted octanol–water partition coefficient (Wildman–Crippen LogP) is 3.34. The van der Waals surface area contributed by atoms with Gasteiger partial charge < -0.3 is 10.1 Å². The first-order valence-electron chi connectivity index (χ1n) is 7.30. The molecule has 1 atom stereocenters. The lowest BCUT2D eigenvalue weighted by molar-refractivity contribution is -0.143. The molecule has 1 N–H and O–H groups in total. The Hall–Kier alpha value is -2.18. The maximum Gasteiger partial charge on any atom is 0.308 e. The molecule has 1 heterocycles. The number of ketones is 1. The Morgan fingerprint density at radius 3 is 2.62 bits per heavy atom. The topological polar surface area (TPSA) is 72.5 Å². The molecule has 1 aromatic carbocycles. The molecule has 24 heavy (non-hydrogen) atoms. The largest absolute Gasteiger partial charge is 0.466 e. The van der Waals surface area contributed by atoms with Gasteiger partial charge in [-0.2, -0.15) is 11.3 Å². The van der Waals surface area contributed by atoms with Crippen molar-refractivity contribution in [3.63, 3.8) is 0 Å². The molecule has 0 aliphatic carbocycles. The number of esters is 1. The zero-order chi connectivity index (χ0) is 17.5. The van der Waals surface area contributed by atoms with E-state index in [0.717, 1.165) is 0 Å². The first-order valence-corrected chi connectivity index (χ1v) is 8.62. The van der Waals surface area contributed by atoms with Gasteiger partial charge in [0.2, 0.25) is 0 Å². The minimum atomic E-state index is -1.01. The summed E-state index contributed by atoms with van der Waals surface area (Å²) in [6, 6.07) is 7.13. The SMILES string of the molecule is CCOC(=O)CC(NC(=O)c1ccccc1Cl)C(=O)c1ccsc1. The zero-order valence-corrected chi connectivity index (χ0v) is 14.5. The number of rotatable bonds is 7. The summed E-state index contributed by atoms with van der Waals surface area (Å²) < 4.78 is 4.88. The van der Waals surface area contributed by atoms with Gasteiger partial charge in [0, 0.05) is 10.9 Å². The minimum absolute atomic E-state index is 0.205. The third kappa shape index (κ3) is 4.66. The van der Waals surface area contributed by atoms with E-state index in [1.54, 1.807) is 48.0 Å². The van der Waals surface area contributed by atoms with Crippen molar-refractivity contribution >= 4 is 40.6 Å². The number of ether oxygens (including phenoxy) is 1. The van der Waals surface area contributed by atoms with E-state index in [1.807, 2.05) is 0 Å². The van der Waals surface area contributed by atoms with E-state index in [0.29, 0.717) is 5.56 Å². The lowest BCUT2D eigenvalue weighted by atomic mass is 10.0. The molecule has 2 rings (SSSR count). The third-order valence-corrected chi connectivity index (χ3v) is 4.23. The molecule has 7 heteroatoms. The zero-order valence-electron chi connectivity index (χ0n) is 13.0. The summed E-state index contributed by atoms with van der Waals surface area (Å²) in [4.78, 5) is 36.7. The second kappa shape index (κ2) is 8.61. The summed E-state index contributed by atoms with van der Waals surface area (Å²) in [7, 11) is 0. The minimum Gasteiger partial charge on any atom is -0.466 e. The van der Waals surface area contributed by atoms with Crippen LogP contribution >= 0.6 is 22.9 Å². The molecule has 0 spiro atoms. The highest BCUT2D eigenvalue weighted by molar-refractivity contribution is 7.08. The van der Waals surface area contributed by atoms with Crippen molar-refractivity contribution in [3.8, 4) is 0 Å². The van der Waals surface area contributed by atoms with Crippen LogP contribution in [-0.4, -0.2) is 30.3 Å². The molecule has 1 unspecified atom stereocenters. The molecular weight excluding hydrogens is 350 g/mol. The normalized spacial score (nSPS) is 11.6. The van der Waals surface area contributed by atoms with Gasteiger partial charge in [0.25, 0.3) is 5.91 Å². The van der Waals surface area contributed by atoms with Gasteiger partial charge in [-0.15, -0.1) is 0 Å². The van der Waals surface area contributed by atoms with E-state index in [4.69, 9.17) is 16.3 Å². The summed E-state index contributed by atoms with van der Waals surface area (Å²) in [6.07, 6.45) is -0.237. The second-order valence-corrected chi connectivity index (χ2v) is 6.08. The van der Waals surface area contributed by atoms with Crippen molar-refractivity contribution in [1.82, 2.24) is 5.32 Å². The van der Waals surface area contributed by atoms with Gasteiger partial charge in [-0.25, -0.2) is 0 Å². The maximum atomic E-state index is 12.5. The molecule has 0 saturated heterocycles. The van der Waals surface area contributed by atoms with Gasteiger partial charge in [0.05, 0.1) is 23.6 Å². The Morgan fingerprint density at radius 2 is 2.00 bits per heavy atom. The number of carbonyl (C=O) groups is 3. The Balaban J connectivity index is 2.19. The molecule has 0 bridgehead atoms. The summed E-state index contributed by atoms with van der Waals surface area (Å²) in [6.45, 7) is 1.88. The quantitative estimate of drug-likeness (QED) is 0.603. The molecule has 2 aromatic rings. The number of nitrogens with one attached hydrogen (secondary N) is 1. The Morgan fingerprint density at radius 1 is 1.25 bits per heavy atom. The average Bonchev–Trinajstić information content (AvgIpc) is 3.08. The van der Waals surface area contributed by atoms with Crippen molar-refractivity contribution in [3.05, 3.63) is 57.2 Å². The highest BCUT2D eigenvalue weighted by atomic mass is 35.5. The maximum absolute atomic E-state index is 12.5. The molecule has 1 aromatic heterocycles. The number of halogens is 1. The van der Waals surface area contributed by atoms with E-state index in [-0.39, 0.29) is 29.4 Å². The highest BCUT2D eigenvalue weighted by Crippen LogP contribution is 2.16. The molecule has 0 fully saturated rings. The molecule has 0 aliphatic rings. The number of Topliss-reactive ketones (excluding diaryl/α,β-unsaturated/α-hetero) is 1. The molecule has 126 valence electrons. The monoisotopic (exact) mass is 365 g/mol. The summed E-state index contributed by atoms with van der Waals surface area (Å²) in [5.74, 6) is -1.41. The van der Waals surface area contributed by atoms with Gasteiger partial charge in [0.15, 0.2) is 5.78 Å². The van der Waals surface area contributed by atoms with Gasteiger partial charge in [-0.3, -0.25) is 14.4 Å². The van der Waals surface area contributed by atoms with Crippen LogP contribution in [0.15, 0.2) is 41.1 Å². The average molecular weight is 366 g/mol. The summed E-state index contributed by atoms with van der Waals surface area (Å²) >= 11 is 7.36. The lowest BCUT2D eigenvalue weighted by Crippen LogP contribution is -2.42. The van der Waals surface area contributed by atoms with E-state index >= 15 is 0 Å². The third-order valence-electron chi connectivity index (χ3n) is 3.22. The van der Waals surface area contributed by atoms with Gasteiger partial charge in [-0.05, 0) is 30.5 Å². The molecule has 5 nitrogen and oxygen atoms in total. The van der Waals surface area contributed by atoms with E-state index in [1.165, 1.54) is 11.3 Å². The fraction of sp³-hybridized carbons (Fsp3) is 0.235. The van der Waals surface area contributed by atoms with E-state index in [2.05, 4.69) is 5.32 Å². The predicted molar refractivity (Wildman–Crippen MR) is 92.6 cm³/mol. The summed E-state index contributed by atoms with van der Waals surface area (Å²) in [5.41, 5.74) is 0.680. The molecular formula is C17H16ClNO4S. The Labute approximate surface area is 148 Å². The molecule has 0 radical (unpaired) electrons. The first-order chi connectivity index (χ1) is 11.5. The van der Waals surface area contributed by atoms with Crippen molar-refractivity contribution < 1.29 is 19.1 Å². The van der Waals surface area contributed by atoms with Crippen molar-refractivity contribution in [2.24, 2.45) is 0 Å². The lowest BCUT2D eigenvalue weighted by Gasteiger charge is -2.17. The van der Waals surface area contributed by atoms with E-state index in [9.17, 15) is 14.4 Å². The van der Waals surface area contributed by atoms with Crippen LogP contribution in [0, 0.1) is 0 Å². The van der Waals surface area contributed by atoms with Crippen molar-refractivity contribution in [2.45, 2.75) is 19.4 Å². The Kier molecular flexibility index (Phi) is 6.52. The number of benzene rings is 1. The van der Waals surface area contributed by atoms with Crippen LogP contribution in [0.2, 0.25) is 5.02 Å². The van der Waals surface area contributed by atoms with Gasteiger partial charge >= 0.3 is 5.97 Å². The van der Waals surface area contributed by atoms with Crippen molar-refractivity contribution in [2.75, 3.05) is 6.61 Å². The van der Waals surface area contributed by atoms with Crippen LogP contribution in [0.5, 0.6) is 0 Å². The summed E-state index contributed by atoms with van der Waals surface area (Å²) in [5, 5.41) is 6.28. The van der Waals surface area contributed by atoms with Crippen LogP contribution in [0.1, 0.15) is 34.1 Å². The first kappa shape index (κ1) is 18.2. The number of hydrogen-bond acceptors (Lipinski definition) is 5. The van der Waals surface area contributed by atoms with Gasteiger partial charge in [-0.1, -0.05) is 23.7 Å². The van der Waals surface area contributed by atoms with Gasteiger partial charge in [0.1, 0.15) is 6.04 Å². The fourth-order valence-corrected chi connectivity index (χ4v) is 2.95. The van der Waals surface area contributed by atoms with Crippen LogP contribution in [0.4, 0.5) is 0 Å². The second-order valence-electron chi connectivity index (χ2n) is 4.89. The number of carbonyl (C=O) groups excluding carboxylic acids is 3. The number of amides is 1. The molecule has 0 aliphatic heterocycles. The number of hydrogen-bond donors (Lipinski definition) is 1. The standard InChI is InChI=1S/C17H16ClNO4S/c1-2-23-15(20)9-14(16(21)11-7-8-24-10-11)19-17(22)12-5-3-4-6-13(12)18/h3-8,10,14H,2,9H2,1H3,(H,19,22). The number of thiophene rings is 1. The smallest absolute Gasteiger partial charge is 0.308 e. The van der Waals surface area contributed by atoms with Crippen molar-refractivity contribution in [1.29, 1.82) is 0 Å². The van der Waals surface area contributed by atoms with Crippen LogP contribution in [-0.2, 0) is 9.53 Å². The highest BCUT2D eigenvalue weighted by Gasteiger charge is 2.26. The van der Waals surface area contributed by atoms with E-state index < -0.39 is 17.9 Å². The molecule has 1 amide bonds. The Bertz CT molecular complexity index is 730. The van der Waals surface area contributed by atoms with Crippen LogP contribution < -0.4 is 5.32 Å². The van der Waals surface area contributed by atoms with Crippen LogP contribution in [0.3, 0.4) is 0 Å². The molecule has 0 saturated carbocycles.